The highest BCUT2D eigenvalue weighted by Crippen LogP contribution is 2.47. The zero-order chi connectivity index (χ0) is 37.0. The van der Waals surface area contributed by atoms with E-state index in [1.54, 1.807) is 0 Å². The Morgan fingerprint density at radius 1 is 0.339 bits per heavy atom. The second-order valence-corrected chi connectivity index (χ2v) is 15.2. The molecule has 2 aromatic heterocycles. The van der Waals surface area contributed by atoms with Crippen LogP contribution in [0.4, 0.5) is 34.1 Å². The maximum Gasteiger partial charge on any atom is 0.137 e. The lowest BCUT2D eigenvalue weighted by Gasteiger charge is -2.27. The molecule has 2 heterocycles. The normalized spacial score (nSPS) is 11.6. The molecule has 0 saturated heterocycles. The van der Waals surface area contributed by atoms with Crippen molar-refractivity contribution in [2.45, 2.75) is 0 Å². The van der Waals surface area contributed by atoms with Crippen LogP contribution in [0.25, 0.3) is 64.0 Å². The molecule has 0 aliphatic heterocycles. The molecule has 0 spiro atoms. The largest absolute Gasteiger partial charge is 0.456 e. The van der Waals surface area contributed by atoms with Crippen molar-refractivity contribution in [2.24, 2.45) is 0 Å². The van der Waals surface area contributed by atoms with Gasteiger partial charge in [-0.25, -0.2) is 0 Å². The third-order valence-electron chi connectivity index (χ3n) is 10.8. The minimum atomic E-state index is 0.868. The molecule has 0 saturated carbocycles. The fraction of sp³-hybridized carbons (Fsp3) is 0. The van der Waals surface area contributed by atoms with E-state index < -0.39 is 0 Å². The summed E-state index contributed by atoms with van der Waals surface area (Å²) in [6, 6.07) is 73.9. The third kappa shape index (κ3) is 5.50. The zero-order valence-corrected chi connectivity index (χ0v) is 31.2. The molecular formula is C52H34N2OS. The fourth-order valence-electron chi connectivity index (χ4n) is 8.18. The number of nitrogens with zero attached hydrogens (tertiary/aromatic N) is 2. The van der Waals surface area contributed by atoms with Gasteiger partial charge in [-0.05, 0) is 113 Å². The van der Waals surface area contributed by atoms with Gasteiger partial charge in [-0.2, -0.15) is 0 Å². The van der Waals surface area contributed by atoms with Crippen LogP contribution in [0.2, 0.25) is 0 Å². The Hall–Kier alpha value is -7.14. The van der Waals surface area contributed by atoms with Crippen molar-refractivity contribution in [2.75, 3.05) is 9.80 Å². The van der Waals surface area contributed by atoms with Crippen LogP contribution in [0.3, 0.4) is 0 Å². The summed E-state index contributed by atoms with van der Waals surface area (Å²) in [4.78, 5) is 4.73. The van der Waals surface area contributed by atoms with Gasteiger partial charge in [-0.1, -0.05) is 109 Å². The van der Waals surface area contributed by atoms with Crippen molar-refractivity contribution in [1.82, 2.24) is 0 Å². The first-order valence-corrected chi connectivity index (χ1v) is 19.7. The first-order valence-electron chi connectivity index (χ1n) is 18.9. The highest BCUT2D eigenvalue weighted by molar-refractivity contribution is 7.26. The standard InChI is InChI=1S/C52H34N2OS/c1-3-14-39(15-4-1)53(40-16-5-2-6-17-40)42-29-31-50-46(33-42)52-47(19-11-21-51(52)56-50)54(43-28-30-45-44-18-9-10-20-48(44)55-49(45)34-43)41-26-24-36(25-27-41)38-23-22-35-12-7-8-13-37(35)32-38/h1-34H. The van der Waals surface area contributed by atoms with Crippen molar-refractivity contribution in [3.05, 3.63) is 206 Å². The first kappa shape index (κ1) is 32.3. The van der Waals surface area contributed by atoms with Gasteiger partial charge in [0.1, 0.15) is 11.2 Å². The molecule has 0 unspecified atom stereocenters. The predicted molar refractivity (Wildman–Crippen MR) is 239 cm³/mol. The van der Waals surface area contributed by atoms with Gasteiger partial charge in [-0.3, -0.25) is 0 Å². The Kier molecular flexibility index (Phi) is 7.68. The molecule has 0 aliphatic rings. The van der Waals surface area contributed by atoms with Crippen LogP contribution < -0.4 is 9.80 Å². The molecule has 0 amide bonds. The average molecular weight is 735 g/mol. The van der Waals surface area contributed by atoms with Crippen LogP contribution in [0, 0.1) is 0 Å². The highest BCUT2D eigenvalue weighted by atomic mass is 32.1. The molecular weight excluding hydrogens is 701 g/mol. The smallest absolute Gasteiger partial charge is 0.137 e. The van der Waals surface area contributed by atoms with Crippen LogP contribution in [0.5, 0.6) is 0 Å². The van der Waals surface area contributed by atoms with Gasteiger partial charge < -0.3 is 14.2 Å². The van der Waals surface area contributed by atoms with Gasteiger partial charge >= 0.3 is 0 Å². The monoisotopic (exact) mass is 734 g/mol. The molecule has 4 heteroatoms. The number of furan rings is 1. The number of para-hydroxylation sites is 3. The van der Waals surface area contributed by atoms with E-state index in [4.69, 9.17) is 4.42 Å². The second kappa shape index (κ2) is 13.3. The highest BCUT2D eigenvalue weighted by Gasteiger charge is 2.21. The number of thiophene rings is 1. The van der Waals surface area contributed by atoms with Gasteiger partial charge in [0.15, 0.2) is 0 Å². The van der Waals surface area contributed by atoms with Crippen molar-refractivity contribution < 1.29 is 4.42 Å². The average Bonchev–Trinajstić information content (AvgIpc) is 3.83. The van der Waals surface area contributed by atoms with E-state index in [0.29, 0.717) is 0 Å². The third-order valence-corrected chi connectivity index (χ3v) is 11.9. The van der Waals surface area contributed by atoms with Crippen LogP contribution >= 0.6 is 11.3 Å². The summed E-state index contributed by atoms with van der Waals surface area (Å²) in [6.45, 7) is 0. The predicted octanol–water partition coefficient (Wildman–Crippen LogP) is 15.7. The fourth-order valence-corrected chi connectivity index (χ4v) is 9.28. The topological polar surface area (TPSA) is 19.6 Å². The zero-order valence-electron chi connectivity index (χ0n) is 30.3. The molecule has 3 nitrogen and oxygen atoms in total. The Morgan fingerprint density at radius 3 is 1.77 bits per heavy atom. The lowest BCUT2D eigenvalue weighted by molar-refractivity contribution is 0.669. The van der Waals surface area contributed by atoms with E-state index >= 15 is 0 Å². The molecule has 0 radical (unpaired) electrons. The van der Waals surface area contributed by atoms with Crippen molar-refractivity contribution in [3.63, 3.8) is 0 Å². The molecule has 0 bridgehead atoms. The SMILES string of the molecule is c1ccc(N(c2ccccc2)c2ccc3sc4cccc(N(c5ccc(-c6ccc7ccccc7c6)cc5)c5ccc6c(c5)oc5ccccc56)c4c3c2)cc1. The Bertz CT molecular complexity index is 3160. The van der Waals surface area contributed by atoms with Crippen LogP contribution in [0.15, 0.2) is 211 Å². The molecule has 0 fully saturated rings. The summed E-state index contributed by atoms with van der Waals surface area (Å²) in [5, 5.41) is 7.16. The van der Waals surface area contributed by atoms with Gasteiger partial charge in [-0.15, -0.1) is 11.3 Å². The molecule has 0 aliphatic carbocycles. The van der Waals surface area contributed by atoms with E-state index in [-0.39, 0.29) is 0 Å². The molecule has 9 aromatic carbocycles. The summed E-state index contributed by atoms with van der Waals surface area (Å²) in [7, 11) is 0. The number of hydrogen-bond donors (Lipinski definition) is 0. The number of hydrogen-bond acceptors (Lipinski definition) is 4. The Labute approximate surface area is 328 Å². The van der Waals surface area contributed by atoms with Crippen molar-refractivity contribution in [3.8, 4) is 11.1 Å². The van der Waals surface area contributed by atoms with E-state index in [1.165, 1.54) is 42.1 Å². The number of anilines is 6. The van der Waals surface area contributed by atoms with E-state index in [1.807, 2.05) is 23.5 Å². The van der Waals surface area contributed by atoms with Gasteiger partial charge in [0.2, 0.25) is 0 Å². The molecule has 0 atom stereocenters. The Balaban J connectivity index is 1.11. The number of fused-ring (bicyclic) bond motifs is 7. The molecule has 56 heavy (non-hydrogen) atoms. The van der Waals surface area contributed by atoms with E-state index in [9.17, 15) is 0 Å². The molecule has 0 N–H and O–H groups in total. The van der Waals surface area contributed by atoms with E-state index in [0.717, 1.165) is 56.1 Å². The first-order chi connectivity index (χ1) is 27.7. The van der Waals surface area contributed by atoms with Crippen LogP contribution in [-0.2, 0) is 0 Å². The van der Waals surface area contributed by atoms with Gasteiger partial charge in [0.25, 0.3) is 0 Å². The lowest BCUT2D eigenvalue weighted by Crippen LogP contribution is -2.10. The minimum absolute atomic E-state index is 0.868. The molecule has 11 rings (SSSR count). The summed E-state index contributed by atoms with van der Waals surface area (Å²) >= 11 is 1.84. The van der Waals surface area contributed by atoms with Crippen LogP contribution in [-0.4, -0.2) is 0 Å². The molecule has 11 aromatic rings. The Morgan fingerprint density at radius 2 is 0.964 bits per heavy atom. The minimum Gasteiger partial charge on any atom is -0.456 e. The van der Waals surface area contributed by atoms with Gasteiger partial charge in [0, 0.05) is 65.4 Å². The summed E-state index contributed by atoms with van der Waals surface area (Å²) < 4.78 is 8.95. The van der Waals surface area contributed by atoms with Gasteiger partial charge in [0.05, 0.1) is 5.69 Å². The quantitative estimate of drug-likeness (QED) is 0.163. The summed E-state index contributed by atoms with van der Waals surface area (Å²) in [5.41, 5.74) is 10.7. The molecule has 264 valence electrons. The summed E-state index contributed by atoms with van der Waals surface area (Å²) in [5.74, 6) is 0. The maximum atomic E-state index is 6.47. The second-order valence-electron chi connectivity index (χ2n) is 14.2. The van der Waals surface area contributed by atoms with E-state index in [2.05, 4.69) is 204 Å². The van der Waals surface area contributed by atoms with Crippen molar-refractivity contribution in [1.29, 1.82) is 0 Å². The van der Waals surface area contributed by atoms with Crippen LogP contribution in [0.1, 0.15) is 0 Å². The number of rotatable bonds is 7. The lowest BCUT2D eigenvalue weighted by atomic mass is 10.0. The van der Waals surface area contributed by atoms with Crippen molar-refractivity contribution >= 4 is 98.3 Å². The maximum absolute atomic E-state index is 6.47. The summed E-state index contributed by atoms with van der Waals surface area (Å²) in [6.07, 6.45) is 0. The number of benzene rings is 9.